The molecule has 0 saturated carbocycles. The molecule has 0 bridgehead atoms. The van der Waals surface area contributed by atoms with E-state index in [0.29, 0.717) is 0 Å². The van der Waals surface area contributed by atoms with E-state index in [1.807, 2.05) is 0 Å². The van der Waals surface area contributed by atoms with Crippen LogP contribution in [0.2, 0.25) is 0 Å². The van der Waals surface area contributed by atoms with Gasteiger partial charge in [-0.15, -0.1) is 0 Å². The van der Waals surface area contributed by atoms with Crippen LogP contribution in [-0.4, -0.2) is 23.9 Å². The summed E-state index contributed by atoms with van der Waals surface area (Å²) in [6.07, 6.45) is 6.58. The fourth-order valence-electron chi connectivity index (χ4n) is 1.49. The van der Waals surface area contributed by atoms with Gasteiger partial charge in [-0.05, 0) is 6.42 Å². The molecule has 66 valence electrons. The van der Waals surface area contributed by atoms with Crippen LogP contribution in [-0.2, 0) is 0 Å². The van der Waals surface area contributed by atoms with Crippen LogP contribution in [0.3, 0.4) is 0 Å². The number of rotatable bonds is 1. The zero-order valence-corrected chi connectivity index (χ0v) is 8.27. The lowest BCUT2D eigenvalue weighted by Gasteiger charge is -2.09. The molecule has 0 amide bonds. The van der Waals surface area contributed by atoms with Gasteiger partial charge in [0.2, 0.25) is 0 Å². The van der Waals surface area contributed by atoms with E-state index in [4.69, 9.17) is 0 Å². The number of piperidine rings is 1. The molecular formula is C9H18ClN. The minimum absolute atomic E-state index is 0. The SMILES string of the molecule is CC(C)C=[N+]1CCCCC1.[Cl-]. The van der Waals surface area contributed by atoms with Crippen molar-refractivity contribution in [3.8, 4) is 0 Å². The summed E-state index contributed by atoms with van der Waals surface area (Å²) in [5, 5.41) is 0. The number of halogens is 1. The molecule has 0 unspecified atom stereocenters. The Kier molecular flexibility index (Phi) is 5.57. The van der Waals surface area contributed by atoms with Crippen molar-refractivity contribution in [3.05, 3.63) is 0 Å². The molecule has 1 aliphatic rings. The first kappa shape index (κ1) is 11.0. The second-order valence-electron chi connectivity index (χ2n) is 3.49. The van der Waals surface area contributed by atoms with Crippen LogP contribution in [0.25, 0.3) is 0 Å². The average molecular weight is 176 g/mol. The molecule has 0 aliphatic carbocycles. The third-order valence-electron chi connectivity index (χ3n) is 1.90. The van der Waals surface area contributed by atoms with Crippen molar-refractivity contribution in [3.63, 3.8) is 0 Å². The van der Waals surface area contributed by atoms with Crippen molar-refractivity contribution < 1.29 is 17.0 Å². The summed E-state index contributed by atoms with van der Waals surface area (Å²) in [4.78, 5) is 0. The lowest BCUT2D eigenvalue weighted by atomic mass is 10.1. The maximum atomic E-state index is 2.47. The molecule has 1 fully saturated rings. The van der Waals surface area contributed by atoms with Gasteiger partial charge in [-0.3, -0.25) is 0 Å². The van der Waals surface area contributed by atoms with Gasteiger partial charge in [0.05, 0.1) is 0 Å². The summed E-state index contributed by atoms with van der Waals surface area (Å²) >= 11 is 0. The molecule has 0 aromatic rings. The Morgan fingerprint density at radius 2 is 1.64 bits per heavy atom. The Hall–Kier alpha value is -0.0400. The van der Waals surface area contributed by atoms with Crippen LogP contribution in [0.4, 0.5) is 0 Å². The molecule has 1 aliphatic heterocycles. The predicted molar refractivity (Wildman–Crippen MR) is 44.7 cm³/mol. The summed E-state index contributed by atoms with van der Waals surface area (Å²) in [6, 6.07) is 0. The second-order valence-corrected chi connectivity index (χ2v) is 3.49. The zero-order valence-electron chi connectivity index (χ0n) is 7.52. The highest BCUT2D eigenvalue weighted by Crippen LogP contribution is 2.03. The van der Waals surface area contributed by atoms with Gasteiger partial charge in [0.15, 0.2) is 0 Å². The van der Waals surface area contributed by atoms with Gasteiger partial charge in [-0.2, -0.15) is 0 Å². The third kappa shape index (κ3) is 4.41. The Bertz CT molecular complexity index is 122. The summed E-state index contributed by atoms with van der Waals surface area (Å²) < 4.78 is 2.47. The Morgan fingerprint density at radius 3 is 2.09 bits per heavy atom. The molecule has 1 nitrogen and oxygen atoms in total. The highest BCUT2D eigenvalue weighted by atomic mass is 35.5. The van der Waals surface area contributed by atoms with Gasteiger partial charge >= 0.3 is 0 Å². The van der Waals surface area contributed by atoms with Gasteiger partial charge in [0.25, 0.3) is 0 Å². The fraction of sp³-hybridized carbons (Fsp3) is 0.889. The van der Waals surface area contributed by atoms with E-state index in [-0.39, 0.29) is 12.4 Å². The van der Waals surface area contributed by atoms with Crippen molar-refractivity contribution in [2.24, 2.45) is 5.92 Å². The quantitative estimate of drug-likeness (QED) is 0.446. The molecule has 2 heteroatoms. The summed E-state index contributed by atoms with van der Waals surface area (Å²) in [7, 11) is 0. The van der Waals surface area contributed by atoms with Crippen LogP contribution >= 0.6 is 0 Å². The number of nitrogens with zero attached hydrogens (tertiary/aromatic N) is 1. The molecule has 0 aromatic heterocycles. The fourth-order valence-corrected chi connectivity index (χ4v) is 1.49. The topological polar surface area (TPSA) is 3.01 Å². The maximum absolute atomic E-state index is 2.47. The molecule has 11 heavy (non-hydrogen) atoms. The van der Waals surface area contributed by atoms with E-state index in [0.717, 1.165) is 5.92 Å². The molecular weight excluding hydrogens is 158 g/mol. The van der Waals surface area contributed by atoms with Crippen molar-refractivity contribution in [2.45, 2.75) is 33.1 Å². The molecule has 0 atom stereocenters. The standard InChI is InChI=1S/C9H18N.ClH/c1-9(2)8-10-6-4-3-5-7-10;/h8-9H,3-7H2,1-2H3;1H/q+1;/p-1. The monoisotopic (exact) mass is 175 g/mol. The largest absolute Gasteiger partial charge is 1.00 e. The highest BCUT2D eigenvalue weighted by molar-refractivity contribution is 5.53. The van der Waals surface area contributed by atoms with E-state index in [1.54, 1.807) is 0 Å². The normalized spacial score (nSPS) is 17.9. The maximum Gasteiger partial charge on any atom is 0.142 e. The van der Waals surface area contributed by atoms with E-state index >= 15 is 0 Å². The summed E-state index contributed by atoms with van der Waals surface area (Å²) in [5.41, 5.74) is 0. The minimum atomic E-state index is 0. The van der Waals surface area contributed by atoms with E-state index in [1.165, 1.54) is 32.4 Å². The van der Waals surface area contributed by atoms with Gasteiger partial charge in [0, 0.05) is 18.8 Å². The van der Waals surface area contributed by atoms with Gasteiger partial charge < -0.3 is 12.4 Å². The molecule has 1 heterocycles. The van der Waals surface area contributed by atoms with E-state index in [2.05, 4.69) is 24.6 Å². The van der Waals surface area contributed by atoms with Crippen molar-refractivity contribution in [2.75, 3.05) is 13.1 Å². The molecule has 1 saturated heterocycles. The average Bonchev–Trinajstić information content (AvgIpc) is 1.88. The van der Waals surface area contributed by atoms with E-state index < -0.39 is 0 Å². The second kappa shape index (κ2) is 5.59. The van der Waals surface area contributed by atoms with Crippen LogP contribution < -0.4 is 12.4 Å². The van der Waals surface area contributed by atoms with E-state index in [9.17, 15) is 0 Å². The smallest absolute Gasteiger partial charge is 0.142 e. The van der Waals surface area contributed by atoms with Crippen LogP contribution in [0.5, 0.6) is 0 Å². The molecule has 0 aromatic carbocycles. The highest BCUT2D eigenvalue weighted by Gasteiger charge is 2.10. The van der Waals surface area contributed by atoms with Gasteiger partial charge in [0.1, 0.15) is 19.3 Å². The molecule has 1 rings (SSSR count). The number of hydrogen-bond acceptors (Lipinski definition) is 0. The van der Waals surface area contributed by atoms with Crippen molar-refractivity contribution >= 4 is 6.21 Å². The van der Waals surface area contributed by atoms with Gasteiger partial charge in [-0.1, -0.05) is 13.8 Å². The first-order valence-electron chi connectivity index (χ1n) is 4.38. The zero-order chi connectivity index (χ0) is 7.40. The Morgan fingerprint density at radius 1 is 1.09 bits per heavy atom. The lowest BCUT2D eigenvalue weighted by molar-refractivity contribution is -0.534. The molecule has 0 spiro atoms. The predicted octanol–water partition coefficient (Wildman–Crippen LogP) is -1.09. The summed E-state index contributed by atoms with van der Waals surface area (Å²) in [6.45, 7) is 7.07. The summed E-state index contributed by atoms with van der Waals surface area (Å²) in [5.74, 6) is 0.720. The van der Waals surface area contributed by atoms with Crippen LogP contribution in [0.1, 0.15) is 33.1 Å². The molecule has 0 N–H and O–H groups in total. The minimum Gasteiger partial charge on any atom is -1.00 e. The molecule has 0 radical (unpaired) electrons. The van der Waals surface area contributed by atoms with Crippen molar-refractivity contribution in [1.82, 2.24) is 0 Å². The Balaban J connectivity index is 0.000001000. The van der Waals surface area contributed by atoms with Crippen LogP contribution in [0.15, 0.2) is 0 Å². The Labute approximate surface area is 75.9 Å². The van der Waals surface area contributed by atoms with Crippen LogP contribution in [0, 0.1) is 5.92 Å². The van der Waals surface area contributed by atoms with Crippen molar-refractivity contribution in [1.29, 1.82) is 0 Å². The van der Waals surface area contributed by atoms with Gasteiger partial charge in [-0.25, -0.2) is 4.58 Å². The third-order valence-corrected chi connectivity index (χ3v) is 1.90. The lowest BCUT2D eigenvalue weighted by Crippen LogP contribution is -3.00. The first-order chi connectivity index (χ1) is 4.79. The first-order valence-corrected chi connectivity index (χ1v) is 4.38. The number of hydrogen-bond donors (Lipinski definition) is 0.